The summed E-state index contributed by atoms with van der Waals surface area (Å²) in [6.07, 6.45) is 3.26. The zero-order valence-corrected chi connectivity index (χ0v) is 16.8. The van der Waals surface area contributed by atoms with E-state index in [4.69, 9.17) is 22.4 Å². The highest BCUT2D eigenvalue weighted by atomic mass is 32.1. The van der Waals surface area contributed by atoms with Gasteiger partial charge in [0.2, 0.25) is 0 Å². The minimum absolute atomic E-state index is 0.125. The molecule has 148 valence electrons. The maximum Gasteiger partial charge on any atom is 0.330 e. The van der Waals surface area contributed by atoms with Crippen LogP contribution in [0.4, 0.5) is 11.5 Å². The Morgan fingerprint density at radius 2 is 2.19 bits per heavy atom. The number of anilines is 2. The highest BCUT2D eigenvalue weighted by Gasteiger charge is 2.22. The number of thiocarbonyl (C=S) groups is 1. The zero-order chi connectivity index (χ0) is 20.0. The van der Waals surface area contributed by atoms with Crippen molar-refractivity contribution in [2.24, 2.45) is 5.92 Å². The van der Waals surface area contributed by atoms with Crippen molar-refractivity contribution in [2.45, 2.75) is 46.7 Å². The number of nitrogens with two attached hydrogens (primary N) is 1. The van der Waals surface area contributed by atoms with E-state index >= 15 is 0 Å². The molecule has 2 aromatic rings. The van der Waals surface area contributed by atoms with Gasteiger partial charge < -0.3 is 20.4 Å². The molecule has 0 unspecified atom stereocenters. The van der Waals surface area contributed by atoms with E-state index in [2.05, 4.69) is 10.3 Å². The number of rotatable bonds is 8. The van der Waals surface area contributed by atoms with Gasteiger partial charge in [-0.2, -0.15) is 0 Å². The van der Waals surface area contributed by atoms with E-state index in [0.29, 0.717) is 24.7 Å². The van der Waals surface area contributed by atoms with Crippen molar-refractivity contribution in [1.29, 1.82) is 0 Å². The number of nitrogens with zero attached hydrogens (tertiary/aromatic N) is 2. The number of hydrogen-bond donors (Lipinski definition) is 3. The standard InChI is InChI=1S/C18H27N5O3S/c1-4-5-8-22-15(19)14(16(24)21-17(22)25)23(11-12(2)3)18(27)20-10-13-7-6-9-26-13/h6-7,9,12H,4-5,8,10-11,19H2,1-3H3,(H,20,27)(H,21,24,25). The lowest BCUT2D eigenvalue weighted by atomic mass is 10.2. The van der Waals surface area contributed by atoms with Crippen LogP contribution in [0.15, 0.2) is 32.4 Å². The molecule has 2 heterocycles. The number of furan rings is 1. The molecule has 0 aromatic carbocycles. The quantitative estimate of drug-likeness (QED) is 0.589. The molecule has 4 N–H and O–H groups in total. The summed E-state index contributed by atoms with van der Waals surface area (Å²) in [6.45, 7) is 7.34. The zero-order valence-electron chi connectivity index (χ0n) is 15.9. The lowest BCUT2D eigenvalue weighted by Crippen LogP contribution is -2.46. The molecule has 0 amide bonds. The van der Waals surface area contributed by atoms with E-state index in [1.807, 2.05) is 26.8 Å². The van der Waals surface area contributed by atoms with Crippen molar-refractivity contribution >= 4 is 28.8 Å². The summed E-state index contributed by atoms with van der Waals surface area (Å²) < 4.78 is 6.69. The van der Waals surface area contributed by atoms with Crippen molar-refractivity contribution in [1.82, 2.24) is 14.9 Å². The predicted octanol–water partition coefficient (Wildman–Crippen LogP) is 2.05. The van der Waals surface area contributed by atoms with Crippen molar-refractivity contribution in [3.8, 4) is 0 Å². The minimum atomic E-state index is -0.548. The summed E-state index contributed by atoms with van der Waals surface area (Å²) in [4.78, 5) is 28.7. The third kappa shape index (κ3) is 5.22. The molecule has 0 aliphatic rings. The van der Waals surface area contributed by atoms with Crippen LogP contribution in [0.3, 0.4) is 0 Å². The van der Waals surface area contributed by atoms with Crippen molar-refractivity contribution in [3.05, 3.63) is 45.0 Å². The molecule has 2 aromatic heterocycles. The topological polar surface area (TPSA) is 109 Å². The maximum absolute atomic E-state index is 12.6. The first-order valence-electron chi connectivity index (χ1n) is 9.05. The third-order valence-corrected chi connectivity index (χ3v) is 4.37. The van der Waals surface area contributed by atoms with Crippen LogP contribution < -0.4 is 27.2 Å². The van der Waals surface area contributed by atoms with Gasteiger partial charge >= 0.3 is 5.69 Å². The number of H-pyrrole nitrogens is 1. The molecule has 0 atom stereocenters. The molecule has 27 heavy (non-hydrogen) atoms. The second-order valence-corrected chi connectivity index (χ2v) is 7.13. The summed E-state index contributed by atoms with van der Waals surface area (Å²) >= 11 is 5.51. The first kappa shape index (κ1) is 20.8. The monoisotopic (exact) mass is 393 g/mol. The molecular formula is C18H27N5O3S. The summed E-state index contributed by atoms with van der Waals surface area (Å²) in [5, 5.41) is 3.43. The molecule has 0 fully saturated rings. The second-order valence-electron chi connectivity index (χ2n) is 6.74. The van der Waals surface area contributed by atoms with Crippen LogP contribution in [-0.4, -0.2) is 21.2 Å². The SMILES string of the molecule is CCCCn1c(N)c(N(CC(C)C)C(=S)NCc2ccco2)c(=O)[nH]c1=O. The molecule has 0 saturated heterocycles. The highest BCUT2D eigenvalue weighted by molar-refractivity contribution is 7.80. The minimum Gasteiger partial charge on any atom is -0.467 e. The Morgan fingerprint density at radius 1 is 1.44 bits per heavy atom. The van der Waals surface area contributed by atoms with E-state index in [0.717, 1.165) is 18.6 Å². The predicted molar refractivity (Wildman–Crippen MR) is 111 cm³/mol. The lowest BCUT2D eigenvalue weighted by Gasteiger charge is -2.28. The number of unbranched alkanes of at least 4 members (excludes halogenated alkanes) is 1. The van der Waals surface area contributed by atoms with Gasteiger partial charge in [-0.3, -0.25) is 14.3 Å². The van der Waals surface area contributed by atoms with Crippen LogP contribution in [-0.2, 0) is 13.1 Å². The Labute approximate surface area is 163 Å². The molecule has 0 aliphatic carbocycles. The molecule has 0 spiro atoms. The smallest absolute Gasteiger partial charge is 0.330 e. The number of nitrogen functional groups attached to an aromatic ring is 1. The molecule has 2 rings (SSSR count). The van der Waals surface area contributed by atoms with Crippen LogP contribution in [0, 0.1) is 5.92 Å². The van der Waals surface area contributed by atoms with E-state index < -0.39 is 11.2 Å². The van der Waals surface area contributed by atoms with Gasteiger partial charge in [0.15, 0.2) is 10.8 Å². The molecule has 9 heteroatoms. The summed E-state index contributed by atoms with van der Waals surface area (Å²) in [7, 11) is 0. The van der Waals surface area contributed by atoms with E-state index in [1.165, 1.54) is 4.57 Å². The Morgan fingerprint density at radius 3 is 2.78 bits per heavy atom. The molecule has 0 bridgehead atoms. The molecule has 8 nitrogen and oxygen atoms in total. The average Bonchev–Trinajstić information content (AvgIpc) is 3.11. The lowest BCUT2D eigenvalue weighted by molar-refractivity contribution is 0.502. The molecule has 0 radical (unpaired) electrons. The number of aromatic nitrogens is 2. The Hall–Kier alpha value is -2.55. The van der Waals surface area contributed by atoms with Crippen LogP contribution in [0.25, 0.3) is 0 Å². The van der Waals surface area contributed by atoms with E-state index in [1.54, 1.807) is 17.2 Å². The van der Waals surface area contributed by atoms with Gasteiger partial charge in [-0.25, -0.2) is 4.79 Å². The number of nitrogens with one attached hydrogen (secondary N) is 2. The largest absolute Gasteiger partial charge is 0.467 e. The van der Waals surface area contributed by atoms with Gasteiger partial charge in [0.1, 0.15) is 11.6 Å². The number of hydrogen-bond acceptors (Lipinski definition) is 5. The summed E-state index contributed by atoms with van der Waals surface area (Å²) in [5.41, 5.74) is 5.36. The Balaban J connectivity index is 2.38. The normalized spacial score (nSPS) is 11.0. The Bertz CT molecular complexity index is 870. The highest BCUT2D eigenvalue weighted by Crippen LogP contribution is 2.19. The number of aromatic amines is 1. The fourth-order valence-electron chi connectivity index (χ4n) is 2.69. The molecule has 0 saturated carbocycles. The molecular weight excluding hydrogens is 366 g/mol. The van der Waals surface area contributed by atoms with Crippen LogP contribution in [0.5, 0.6) is 0 Å². The molecule has 0 aliphatic heterocycles. The van der Waals surface area contributed by atoms with Crippen LogP contribution in [0.2, 0.25) is 0 Å². The Kier molecular flexibility index (Phi) is 7.23. The summed E-state index contributed by atoms with van der Waals surface area (Å²) in [6, 6.07) is 3.62. The fourth-order valence-corrected chi connectivity index (χ4v) is 2.93. The van der Waals surface area contributed by atoms with Crippen LogP contribution >= 0.6 is 12.2 Å². The van der Waals surface area contributed by atoms with Gasteiger partial charge in [0.05, 0.1) is 12.8 Å². The first-order valence-corrected chi connectivity index (χ1v) is 9.46. The first-order chi connectivity index (χ1) is 12.8. The third-order valence-electron chi connectivity index (χ3n) is 4.01. The second kappa shape index (κ2) is 9.40. The van der Waals surface area contributed by atoms with Gasteiger partial charge in [-0.05, 0) is 36.7 Å². The maximum atomic E-state index is 12.6. The summed E-state index contributed by atoms with van der Waals surface area (Å²) in [5.74, 6) is 1.06. The average molecular weight is 394 g/mol. The van der Waals surface area contributed by atoms with Gasteiger partial charge in [0, 0.05) is 13.1 Å². The van der Waals surface area contributed by atoms with E-state index in [-0.39, 0.29) is 17.4 Å². The fraction of sp³-hybridized carbons (Fsp3) is 0.500. The van der Waals surface area contributed by atoms with Gasteiger partial charge in [-0.1, -0.05) is 27.2 Å². The van der Waals surface area contributed by atoms with Gasteiger partial charge in [0.25, 0.3) is 5.56 Å². The van der Waals surface area contributed by atoms with Crippen molar-refractivity contribution in [3.63, 3.8) is 0 Å². The van der Waals surface area contributed by atoms with E-state index in [9.17, 15) is 9.59 Å². The van der Waals surface area contributed by atoms with Gasteiger partial charge in [-0.15, -0.1) is 0 Å². The van der Waals surface area contributed by atoms with Crippen molar-refractivity contribution in [2.75, 3.05) is 17.2 Å². The van der Waals surface area contributed by atoms with Crippen molar-refractivity contribution < 1.29 is 4.42 Å². The van der Waals surface area contributed by atoms with Crippen LogP contribution in [0.1, 0.15) is 39.4 Å².